The maximum atomic E-state index is 12.9. The molecule has 0 bridgehead atoms. The van der Waals surface area contributed by atoms with Gasteiger partial charge in [0, 0.05) is 6.04 Å². The Hall–Kier alpha value is -2.60. The van der Waals surface area contributed by atoms with Crippen molar-refractivity contribution in [1.29, 1.82) is 0 Å². The molecular formula is C19H20FNO4. The van der Waals surface area contributed by atoms with Crippen molar-refractivity contribution in [2.45, 2.75) is 31.9 Å². The lowest BCUT2D eigenvalue weighted by atomic mass is 10.0. The fourth-order valence-electron chi connectivity index (χ4n) is 2.78. The number of ether oxygens (including phenoxy) is 2. The van der Waals surface area contributed by atoms with Gasteiger partial charge in [0.1, 0.15) is 5.82 Å². The minimum Gasteiger partial charge on any atom is -0.454 e. The number of carbonyl (C=O) groups excluding carboxylic acids is 1. The topological polar surface area (TPSA) is 67.8 Å². The Kier molecular flexibility index (Phi) is 5.19. The molecule has 25 heavy (non-hydrogen) atoms. The van der Waals surface area contributed by atoms with Crippen molar-refractivity contribution in [3.8, 4) is 11.5 Å². The first-order valence-corrected chi connectivity index (χ1v) is 8.12. The Balaban J connectivity index is 1.51. The molecule has 0 unspecified atom stereocenters. The summed E-state index contributed by atoms with van der Waals surface area (Å²) in [6.07, 6.45) is -0.201. The summed E-state index contributed by atoms with van der Waals surface area (Å²) in [5, 5.41) is 13.0. The van der Waals surface area contributed by atoms with Gasteiger partial charge in [-0.1, -0.05) is 18.2 Å². The quantitative estimate of drug-likeness (QED) is 0.845. The lowest BCUT2D eigenvalue weighted by Crippen LogP contribution is -2.34. The van der Waals surface area contributed by atoms with Gasteiger partial charge in [-0.15, -0.1) is 0 Å². The lowest BCUT2D eigenvalue weighted by Gasteiger charge is -2.18. The zero-order chi connectivity index (χ0) is 17.8. The number of hydrogen-bond acceptors (Lipinski definition) is 4. The zero-order valence-corrected chi connectivity index (χ0v) is 13.9. The zero-order valence-electron chi connectivity index (χ0n) is 13.9. The molecule has 0 fully saturated rings. The second-order valence-corrected chi connectivity index (χ2v) is 6.14. The predicted octanol–water partition coefficient (Wildman–Crippen LogP) is 2.73. The van der Waals surface area contributed by atoms with Gasteiger partial charge in [0.15, 0.2) is 11.5 Å². The van der Waals surface area contributed by atoms with Gasteiger partial charge in [-0.2, -0.15) is 0 Å². The van der Waals surface area contributed by atoms with Crippen LogP contribution in [0.4, 0.5) is 4.39 Å². The number of nitrogens with one attached hydrogen (secondary N) is 1. The van der Waals surface area contributed by atoms with E-state index in [9.17, 15) is 14.3 Å². The molecule has 6 heteroatoms. The van der Waals surface area contributed by atoms with Crippen LogP contribution < -0.4 is 14.8 Å². The van der Waals surface area contributed by atoms with Gasteiger partial charge in [0.25, 0.3) is 0 Å². The highest BCUT2D eigenvalue weighted by Crippen LogP contribution is 2.32. The number of fused-ring (bicyclic) bond motifs is 1. The van der Waals surface area contributed by atoms with Crippen LogP contribution in [0.25, 0.3) is 0 Å². The number of halogens is 1. The molecule has 0 aliphatic carbocycles. The second kappa shape index (κ2) is 7.53. The molecule has 2 atom stereocenters. The number of hydrogen-bond donors (Lipinski definition) is 2. The van der Waals surface area contributed by atoms with Crippen molar-refractivity contribution in [2.24, 2.45) is 0 Å². The van der Waals surface area contributed by atoms with E-state index in [1.807, 2.05) is 13.0 Å². The molecule has 0 saturated heterocycles. The van der Waals surface area contributed by atoms with E-state index < -0.39 is 6.10 Å². The molecule has 0 radical (unpaired) electrons. The highest BCUT2D eigenvalue weighted by Gasteiger charge is 2.17. The fourth-order valence-corrected chi connectivity index (χ4v) is 2.78. The van der Waals surface area contributed by atoms with Crippen LogP contribution in [0.15, 0.2) is 42.5 Å². The molecule has 1 aliphatic heterocycles. The van der Waals surface area contributed by atoms with Gasteiger partial charge in [-0.05, 0) is 48.7 Å². The van der Waals surface area contributed by atoms with Crippen LogP contribution in [-0.4, -0.2) is 23.8 Å². The monoisotopic (exact) mass is 345 g/mol. The van der Waals surface area contributed by atoms with Gasteiger partial charge in [0.2, 0.25) is 12.7 Å². The van der Waals surface area contributed by atoms with Crippen molar-refractivity contribution in [2.75, 3.05) is 6.79 Å². The summed E-state index contributed by atoms with van der Waals surface area (Å²) >= 11 is 0. The number of rotatable bonds is 6. The van der Waals surface area contributed by atoms with E-state index in [2.05, 4.69) is 5.32 Å². The molecule has 5 nitrogen and oxygen atoms in total. The molecule has 0 saturated carbocycles. The normalized spacial score (nSPS) is 14.8. The van der Waals surface area contributed by atoms with Crippen LogP contribution in [-0.2, 0) is 11.2 Å². The fraction of sp³-hybridized carbons (Fsp3) is 0.316. The average Bonchev–Trinajstić information content (AvgIpc) is 3.02. The van der Waals surface area contributed by atoms with Crippen molar-refractivity contribution < 1.29 is 23.8 Å². The van der Waals surface area contributed by atoms with Crippen LogP contribution >= 0.6 is 0 Å². The summed E-state index contributed by atoms with van der Waals surface area (Å²) in [5.41, 5.74) is 1.45. The molecule has 0 aromatic heterocycles. The predicted molar refractivity (Wildman–Crippen MR) is 89.9 cm³/mol. The van der Waals surface area contributed by atoms with E-state index in [0.717, 1.165) is 5.56 Å². The molecule has 3 rings (SSSR count). The van der Waals surface area contributed by atoms with Crippen molar-refractivity contribution >= 4 is 5.91 Å². The van der Waals surface area contributed by atoms with E-state index in [1.54, 1.807) is 24.3 Å². The third kappa shape index (κ3) is 4.48. The molecule has 132 valence electrons. The van der Waals surface area contributed by atoms with E-state index >= 15 is 0 Å². The number of aliphatic hydroxyl groups excluding tert-OH is 1. The molecule has 1 aliphatic rings. The summed E-state index contributed by atoms with van der Waals surface area (Å²) in [4.78, 5) is 12.2. The largest absolute Gasteiger partial charge is 0.454 e. The Labute approximate surface area is 145 Å². The number of amides is 1. The van der Waals surface area contributed by atoms with Crippen molar-refractivity contribution in [3.63, 3.8) is 0 Å². The van der Waals surface area contributed by atoms with Gasteiger partial charge in [0.05, 0.1) is 12.5 Å². The van der Waals surface area contributed by atoms with Crippen LogP contribution in [0, 0.1) is 5.82 Å². The first-order valence-electron chi connectivity index (χ1n) is 8.12. The molecule has 1 amide bonds. The standard InChI is InChI=1S/C19H20FNO4/c1-12(8-16(22)14-3-5-15(20)6-4-14)21-19(23)10-13-2-7-17-18(9-13)25-11-24-17/h2-7,9,12,16,22H,8,10-11H2,1H3,(H,21,23)/t12-,16-/m0/s1. The SMILES string of the molecule is C[C@@H](C[C@H](O)c1ccc(F)cc1)NC(=O)Cc1ccc2c(c1)OCO2. The number of aliphatic hydroxyl groups is 1. The van der Waals surface area contributed by atoms with Crippen molar-refractivity contribution in [3.05, 3.63) is 59.4 Å². The van der Waals surface area contributed by atoms with Crippen LogP contribution in [0.2, 0.25) is 0 Å². The summed E-state index contributed by atoms with van der Waals surface area (Å²) in [6.45, 7) is 2.02. The van der Waals surface area contributed by atoms with Crippen molar-refractivity contribution in [1.82, 2.24) is 5.32 Å². The summed E-state index contributed by atoms with van der Waals surface area (Å²) in [7, 11) is 0. The Bertz CT molecular complexity index is 748. The smallest absolute Gasteiger partial charge is 0.231 e. The summed E-state index contributed by atoms with van der Waals surface area (Å²) < 4.78 is 23.5. The molecule has 2 aromatic rings. The van der Waals surface area contributed by atoms with Crippen LogP contribution in [0.1, 0.15) is 30.6 Å². The molecule has 0 spiro atoms. The maximum Gasteiger partial charge on any atom is 0.231 e. The van der Waals surface area contributed by atoms with E-state index in [0.29, 0.717) is 23.5 Å². The summed E-state index contributed by atoms with van der Waals surface area (Å²) in [5.74, 6) is 0.837. The maximum absolute atomic E-state index is 12.9. The Morgan fingerprint density at radius 1 is 1.20 bits per heavy atom. The van der Waals surface area contributed by atoms with Gasteiger partial charge in [-0.25, -0.2) is 4.39 Å². The molecule has 2 aromatic carbocycles. The molecule has 1 heterocycles. The first-order chi connectivity index (χ1) is 12.0. The minimum absolute atomic E-state index is 0.141. The third-order valence-electron chi connectivity index (χ3n) is 4.04. The van der Waals surface area contributed by atoms with E-state index in [4.69, 9.17) is 9.47 Å². The molecular weight excluding hydrogens is 325 g/mol. The van der Waals surface area contributed by atoms with E-state index in [1.165, 1.54) is 12.1 Å². The second-order valence-electron chi connectivity index (χ2n) is 6.14. The highest BCUT2D eigenvalue weighted by molar-refractivity contribution is 5.79. The van der Waals surface area contributed by atoms with Gasteiger partial charge in [-0.3, -0.25) is 4.79 Å². The van der Waals surface area contributed by atoms with Gasteiger partial charge < -0.3 is 19.9 Å². The van der Waals surface area contributed by atoms with Gasteiger partial charge >= 0.3 is 0 Å². The first kappa shape index (κ1) is 17.2. The Morgan fingerprint density at radius 3 is 2.68 bits per heavy atom. The number of carbonyl (C=O) groups is 1. The summed E-state index contributed by atoms with van der Waals surface area (Å²) in [6, 6.07) is 10.9. The lowest BCUT2D eigenvalue weighted by molar-refractivity contribution is -0.121. The molecule has 2 N–H and O–H groups in total. The highest BCUT2D eigenvalue weighted by atomic mass is 19.1. The van der Waals surface area contributed by atoms with Crippen LogP contribution in [0.3, 0.4) is 0 Å². The minimum atomic E-state index is -0.763. The third-order valence-corrected chi connectivity index (χ3v) is 4.04. The number of benzene rings is 2. The average molecular weight is 345 g/mol. The Morgan fingerprint density at radius 2 is 1.92 bits per heavy atom. The van der Waals surface area contributed by atoms with Crippen LogP contribution in [0.5, 0.6) is 11.5 Å². The van der Waals surface area contributed by atoms with E-state index in [-0.39, 0.29) is 31.0 Å².